The van der Waals surface area contributed by atoms with E-state index < -0.39 is 5.50 Å². The van der Waals surface area contributed by atoms with Crippen molar-refractivity contribution in [3.63, 3.8) is 0 Å². The topological polar surface area (TPSA) is 112 Å². The van der Waals surface area contributed by atoms with Gasteiger partial charge in [0, 0.05) is 25.4 Å². The summed E-state index contributed by atoms with van der Waals surface area (Å²) in [7, 11) is 0. The number of fused-ring (bicyclic) bond motifs is 1. The van der Waals surface area contributed by atoms with Crippen molar-refractivity contribution in [2.24, 2.45) is 0 Å². The number of nitrogens with zero attached hydrogens (tertiary/aromatic N) is 1. The molecular formula is C24H27N5O3S2. The Morgan fingerprint density at radius 3 is 2.82 bits per heavy atom. The van der Waals surface area contributed by atoms with E-state index in [1.165, 1.54) is 23.1 Å². The molecule has 1 aromatic heterocycles. The number of nitrogens with one attached hydrogen (secondary N) is 4. The van der Waals surface area contributed by atoms with E-state index in [2.05, 4.69) is 26.3 Å². The number of benzene rings is 2. The van der Waals surface area contributed by atoms with E-state index in [1.54, 1.807) is 0 Å². The zero-order chi connectivity index (χ0) is 23.9. The van der Waals surface area contributed by atoms with Gasteiger partial charge in [-0.2, -0.15) is 0 Å². The van der Waals surface area contributed by atoms with Crippen LogP contribution in [-0.4, -0.2) is 46.5 Å². The third kappa shape index (κ3) is 7.02. The van der Waals surface area contributed by atoms with Crippen molar-refractivity contribution in [2.75, 3.05) is 17.6 Å². The molecule has 2 unspecified atom stereocenters. The molecule has 0 aliphatic carbocycles. The monoisotopic (exact) mass is 497 g/mol. The lowest BCUT2D eigenvalue weighted by Crippen LogP contribution is -2.56. The molecule has 2 aromatic carbocycles. The largest absolute Gasteiger partial charge is 0.356 e. The number of hydrogen-bond donors (Lipinski definition) is 4. The van der Waals surface area contributed by atoms with Gasteiger partial charge in [-0.3, -0.25) is 19.7 Å². The second-order valence-corrected chi connectivity index (χ2v) is 10.3. The highest BCUT2D eigenvalue weighted by atomic mass is 32.2. The third-order valence-electron chi connectivity index (χ3n) is 5.29. The molecule has 2 atom stereocenters. The van der Waals surface area contributed by atoms with Gasteiger partial charge in [0.25, 0.3) is 0 Å². The van der Waals surface area contributed by atoms with Crippen LogP contribution in [0.1, 0.15) is 24.0 Å². The SMILES string of the molecule is Cc1ccc2nc(NC(=O)CSC3NC(=O)CC(CC(=O)NCCc4ccccc4)N3)sc2c1. The summed E-state index contributed by atoms with van der Waals surface area (Å²) < 4.78 is 1.02. The van der Waals surface area contributed by atoms with E-state index >= 15 is 0 Å². The molecule has 0 saturated carbocycles. The van der Waals surface area contributed by atoms with Gasteiger partial charge in [-0.15, -0.1) is 11.8 Å². The predicted octanol–water partition coefficient (Wildman–Crippen LogP) is 2.79. The number of amides is 3. The van der Waals surface area contributed by atoms with Gasteiger partial charge in [-0.1, -0.05) is 47.7 Å². The van der Waals surface area contributed by atoms with E-state index in [-0.39, 0.29) is 42.4 Å². The highest BCUT2D eigenvalue weighted by Crippen LogP contribution is 2.27. The Balaban J connectivity index is 1.20. The van der Waals surface area contributed by atoms with E-state index in [0.717, 1.165) is 27.8 Å². The van der Waals surface area contributed by atoms with Crippen molar-refractivity contribution in [3.05, 3.63) is 59.7 Å². The molecular weight excluding hydrogens is 470 g/mol. The number of aromatic nitrogens is 1. The fraction of sp³-hybridized carbons (Fsp3) is 0.333. The van der Waals surface area contributed by atoms with Gasteiger partial charge in [-0.05, 0) is 36.6 Å². The molecule has 1 aliphatic heterocycles. The summed E-state index contributed by atoms with van der Waals surface area (Å²) in [5.74, 6) is -0.295. The van der Waals surface area contributed by atoms with Gasteiger partial charge >= 0.3 is 0 Å². The third-order valence-corrected chi connectivity index (χ3v) is 7.24. The van der Waals surface area contributed by atoms with Gasteiger partial charge in [0.05, 0.1) is 16.0 Å². The Bertz CT molecular complexity index is 1170. The van der Waals surface area contributed by atoms with E-state index in [1.807, 2.05) is 55.5 Å². The lowest BCUT2D eigenvalue weighted by Gasteiger charge is -2.30. The first-order valence-corrected chi connectivity index (χ1v) is 13.0. The van der Waals surface area contributed by atoms with E-state index in [4.69, 9.17) is 0 Å². The summed E-state index contributed by atoms with van der Waals surface area (Å²) in [4.78, 5) is 41.3. The fourth-order valence-corrected chi connectivity index (χ4v) is 5.52. The second kappa shape index (κ2) is 11.5. The van der Waals surface area contributed by atoms with Crippen LogP contribution in [0.4, 0.5) is 5.13 Å². The van der Waals surface area contributed by atoms with Gasteiger partial charge in [-0.25, -0.2) is 4.98 Å². The summed E-state index contributed by atoms with van der Waals surface area (Å²) in [6, 6.07) is 15.6. The molecule has 0 bridgehead atoms. The highest BCUT2D eigenvalue weighted by Gasteiger charge is 2.28. The minimum absolute atomic E-state index is 0.101. The van der Waals surface area contributed by atoms with Crippen LogP contribution >= 0.6 is 23.1 Å². The van der Waals surface area contributed by atoms with Crippen molar-refractivity contribution in [1.29, 1.82) is 0 Å². The second-order valence-electron chi connectivity index (χ2n) is 8.15. The lowest BCUT2D eigenvalue weighted by atomic mass is 10.1. The average Bonchev–Trinajstić information content (AvgIpc) is 3.19. The molecule has 3 amide bonds. The van der Waals surface area contributed by atoms with Crippen LogP contribution in [0.2, 0.25) is 0 Å². The summed E-state index contributed by atoms with van der Waals surface area (Å²) in [6.45, 7) is 2.56. The van der Waals surface area contributed by atoms with Crippen LogP contribution in [0.5, 0.6) is 0 Å². The Labute approximate surface area is 206 Å². The van der Waals surface area contributed by atoms with Crippen molar-refractivity contribution in [3.8, 4) is 0 Å². The van der Waals surface area contributed by atoms with Crippen LogP contribution in [0.15, 0.2) is 48.5 Å². The number of hydrogen-bond acceptors (Lipinski definition) is 7. The fourth-order valence-electron chi connectivity index (χ4n) is 3.65. The Kier molecular flexibility index (Phi) is 8.15. The minimum Gasteiger partial charge on any atom is -0.356 e. The summed E-state index contributed by atoms with van der Waals surface area (Å²) in [6.07, 6.45) is 1.18. The average molecular weight is 498 g/mol. The van der Waals surface area contributed by atoms with E-state index in [0.29, 0.717) is 11.7 Å². The Morgan fingerprint density at radius 1 is 1.18 bits per heavy atom. The molecule has 1 aliphatic rings. The first kappa shape index (κ1) is 24.2. The van der Waals surface area contributed by atoms with E-state index in [9.17, 15) is 14.4 Å². The normalized spacial score (nSPS) is 17.9. The maximum atomic E-state index is 12.4. The molecule has 0 spiro atoms. The van der Waals surface area contributed by atoms with Crippen LogP contribution in [0.25, 0.3) is 10.2 Å². The van der Waals surface area contributed by atoms with Gasteiger partial charge in [0.15, 0.2) is 5.13 Å². The molecule has 8 nitrogen and oxygen atoms in total. The van der Waals surface area contributed by atoms with Crippen molar-refractivity contribution < 1.29 is 14.4 Å². The summed E-state index contributed by atoms with van der Waals surface area (Å²) in [5, 5.41) is 12.4. The van der Waals surface area contributed by atoms with Crippen LogP contribution in [-0.2, 0) is 20.8 Å². The molecule has 10 heteroatoms. The smallest absolute Gasteiger partial charge is 0.236 e. The number of rotatable bonds is 9. The first-order chi connectivity index (χ1) is 16.4. The lowest BCUT2D eigenvalue weighted by molar-refractivity contribution is -0.125. The van der Waals surface area contributed by atoms with Gasteiger partial charge < -0.3 is 16.0 Å². The van der Waals surface area contributed by atoms with Crippen LogP contribution in [0, 0.1) is 6.92 Å². The molecule has 1 fully saturated rings. The standard InChI is InChI=1S/C24H27N5O3S2/c1-15-7-8-18-19(11-15)34-24(27-18)29-22(32)14-33-23-26-17(13-21(31)28-23)12-20(30)25-10-9-16-5-3-2-4-6-16/h2-8,11,17,23,26H,9-10,12-14H2,1H3,(H,25,30)(H,28,31)(H,27,29,32). The number of anilines is 1. The summed E-state index contributed by atoms with van der Waals surface area (Å²) >= 11 is 2.71. The molecule has 0 radical (unpaired) electrons. The van der Waals surface area contributed by atoms with Gasteiger partial charge in [0.2, 0.25) is 17.7 Å². The minimum atomic E-state index is -0.438. The molecule has 3 aromatic rings. The molecule has 4 N–H and O–H groups in total. The Morgan fingerprint density at radius 2 is 2.00 bits per heavy atom. The molecule has 1 saturated heterocycles. The highest BCUT2D eigenvalue weighted by molar-refractivity contribution is 8.00. The van der Waals surface area contributed by atoms with Crippen LogP contribution in [0.3, 0.4) is 0 Å². The first-order valence-electron chi connectivity index (χ1n) is 11.1. The molecule has 2 heterocycles. The summed E-state index contributed by atoms with van der Waals surface area (Å²) in [5.41, 5.74) is 2.72. The predicted molar refractivity (Wildman–Crippen MR) is 137 cm³/mol. The maximum absolute atomic E-state index is 12.4. The number of thiazole rings is 1. The van der Waals surface area contributed by atoms with Crippen molar-refractivity contribution in [1.82, 2.24) is 20.9 Å². The number of aryl methyl sites for hydroxylation is 1. The molecule has 178 valence electrons. The van der Waals surface area contributed by atoms with Crippen molar-refractivity contribution >= 4 is 56.2 Å². The quantitative estimate of drug-likeness (QED) is 0.362. The zero-order valence-electron chi connectivity index (χ0n) is 18.8. The number of thioether (sulfide) groups is 1. The number of carbonyl (C=O) groups is 3. The molecule has 4 rings (SSSR count). The van der Waals surface area contributed by atoms with Crippen molar-refractivity contribution in [2.45, 2.75) is 37.7 Å². The van der Waals surface area contributed by atoms with Gasteiger partial charge in [0.1, 0.15) is 5.50 Å². The number of carbonyl (C=O) groups excluding carboxylic acids is 3. The molecule has 34 heavy (non-hydrogen) atoms. The maximum Gasteiger partial charge on any atom is 0.236 e. The Hall–Kier alpha value is -2.95. The zero-order valence-corrected chi connectivity index (χ0v) is 20.4. The van der Waals surface area contributed by atoms with Crippen LogP contribution < -0.4 is 21.3 Å².